The molecule has 10 heteroatoms. The third kappa shape index (κ3) is 6.20. The van der Waals surface area contributed by atoms with Gasteiger partial charge < -0.3 is 9.84 Å². The van der Waals surface area contributed by atoms with Crippen LogP contribution in [0.15, 0.2) is 125 Å². The fraction of sp³-hybridized carbons (Fsp3) is 0.105. The summed E-state index contributed by atoms with van der Waals surface area (Å²) in [5, 5.41) is 22.6. The Balaban J connectivity index is 1.22. The van der Waals surface area contributed by atoms with Crippen molar-refractivity contribution < 1.29 is 23.8 Å². The molecular weight excluding hydrogens is 646 g/mol. The number of hydrogen-bond donors (Lipinski definition) is 1. The Labute approximate surface area is 284 Å². The van der Waals surface area contributed by atoms with E-state index in [2.05, 4.69) is 34.5 Å². The maximum atomic E-state index is 14.6. The van der Waals surface area contributed by atoms with E-state index in [9.17, 15) is 19.1 Å². The van der Waals surface area contributed by atoms with Crippen LogP contribution in [0.3, 0.4) is 0 Å². The molecule has 0 radical (unpaired) electrons. The molecule has 238 valence electrons. The van der Waals surface area contributed by atoms with Crippen LogP contribution in [0.1, 0.15) is 33.9 Å². The second kappa shape index (κ2) is 13.4. The van der Waals surface area contributed by atoms with Crippen molar-refractivity contribution in [3.05, 3.63) is 154 Å². The average Bonchev–Trinajstić information content (AvgIpc) is 3.69. The lowest BCUT2D eigenvalue weighted by atomic mass is 9.95. The largest absolute Gasteiger partial charge is 0.507 e. The molecule has 1 aliphatic heterocycles. The minimum absolute atomic E-state index is 0.0903. The lowest BCUT2D eigenvalue weighted by Crippen LogP contribution is -2.29. The van der Waals surface area contributed by atoms with Gasteiger partial charge in [-0.05, 0) is 58.1 Å². The number of benzene rings is 5. The Morgan fingerprint density at radius 2 is 1.67 bits per heavy atom. The summed E-state index contributed by atoms with van der Waals surface area (Å²) >= 11 is 2.67. The van der Waals surface area contributed by atoms with Crippen LogP contribution in [0.25, 0.3) is 16.5 Å². The number of aromatic nitrogens is 2. The first-order valence-corrected chi connectivity index (χ1v) is 16.9. The third-order valence-electron chi connectivity index (χ3n) is 8.17. The van der Waals surface area contributed by atoms with Gasteiger partial charge in [0.05, 0.1) is 11.6 Å². The molecule has 6 aromatic rings. The molecule has 1 unspecified atom stereocenters. The minimum atomic E-state index is -1.04. The van der Waals surface area contributed by atoms with E-state index >= 15 is 0 Å². The molecule has 1 fully saturated rings. The molecule has 0 spiro atoms. The van der Waals surface area contributed by atoms with E-state index in [1.807, 2.05) is 48.5 Å². The number of aryl methyl sites for hydroxylation is 1. The normalized spacial score (nSPS) is 15.7. The molecule has 0 bridgehead atoms. The number of fused-ring (bicyclic) bond motifs is 1. The molecule has 1 aliphatic rings. The number of thioether (sulfide) groups is 1. The SMILES string of the molecule is Cc1ccc(C(O)=C2C(=O)C(=O)N(c3nnc(SCc4cccc5ccccc45)s3)C2c2ccc(OCc3ccccc3)cc2)cc1F. The summed E-state index contributed by atoms with van der Waals surface area (Å²) in [6.07, 6.45) is 0. The number of carbonyl (C=O) groups is 2. The Morgan fingerprint density at radius 1 is 0.917 bits per heavy atom. The molecule has 48 heavy (non-hydrogen) atoms. The van der Waals surface area contributed by atoms with Gasteiger partial charge in [0.15, 0.2) is 4.34 Å². The summed E-state index contributed by atoms with van der Waals surface area (Å²) < 4.78 is 21.1. The number of amides is 1. The molecule has 1 atom stereocenters. The highest BCUT2D eigenvalue weighted by Crippen LogP contribution is 2.44. The van der Waals surface area contributed by atoms with Gasteiger partial charge in [-0.1, -0.05) is 120 Å². The molecule has 1 amide bonds. The number of anilines is 1. The minimum Gasteiger partial charge on any atom is -0.507 e. The van der Waals surface area contributed by atoms with E-state index in [0.29, 0.717) is 33.6 Å². The highest BCUT2D eigenvalue weighted by Gasteiger charge is 2.48. The molecule has 2 heterocycles. The zero-order valence-corrected chi connectivity index (χ0v) is 27.3. The van der Waals surface area contributed by atoms with Gasteiger partial charge >= 0.3 is 5.91 Å². The number of aliphatic hydroxyl groups is 1. The first-order valence-electron chi connectivity index (χ1n) is 15.1. The van der Waals surface area contributed by atoms with Gasteiger partial charge in [0.2, 0.25) is 5.13 Å². The number of Topliss-reactive ketones (excluding diaryl/α,β-unsaturated/α-hetero) is 1. The lowest BCUT2D eigenvalue weighted by molar-refractivity contribution is -0.132. The van der Waals surface area contributed by atoms with Gasteiger partial charge in [0, 0.05) is 11.3 Å². The van der Waals surface area contributed by atoms with Crippen molar-refractivity contribution in [2.75, 3.05) is 4.90 Å². The van der Waals surface area contributed by atoms with Crippen LogP contribution in [0.5, 0.6) is 5.75 Å². The Bertz CT molecular complexity index is 2180. The molecule has 1 N–H and O–H groups in total. The van der Waals surface area contributed by atoms with Crippen molar-refractivity contribution in [1.29, 1.82) is 0 Å². The number of halogens is 1. The summed E-state index contributed by atoms with van der Waals surface area (Å²) in [7, 11) is 0. The number of nitrogens with zero attached hydrogens (tertiary/aromatic N) is 3. The monoisotopic (exact) mass is 673 g/mol. The molecule has 1 aromatic heterocycles. The van der Waals surface area contributed by atoms with E-state index in [1.165, 1.54) is 40.1 Å². The Morgan fingerprint density at radius 3 is 2.46 bits per heavy atom. The highest BCUT2D eigenvalue weighted by molar-refractivity contribution is 8.00. The standard InChI is InChI=1S/C38H28FN3O4S2/c1-23-14-15-27(20-31(23)39)34(43)32-33(26-16-18-29(19-17-26)46-21-24-8-3-2-4-9-24)42(36(45)35(32)44)37-40-41-38(48-37)47-22-28-12-7-11-25-10-5-6-13-30(25)28/h2-20,33,43H,21-22H2,1H3. The van der Waals surface area contributed by atoms with Gasteiger partial charge in [-0.2, -0.15) is 0 Å². The van der Waals surface area contributed by atoms with Crippen LogP contribution in [-0.2, 0) is 21.9 Å². The van der Waals surface area contributed by atoms with E-state index < -0.39 is 29.3 Å². The van der Waals surface area contributed by atoms with Crippen LogP contribution in [0.4, 0.5) is 9.52 Å². The summed E-state index contributed by atoms with van der Waals surface area (Å²) in [4.78, 5) is 28.6. The first kappa shape index (κ1) is 31.3. The van der Waals surface area contributed by atoms with E-state index in [0.717, 1.165) is 28.0 Å². The smallest absolute Gasteiger partial charge is 0.301 e. The van der Waals surface area contributed by atoms with E-state index in [-0.39, 0.29) is 16.3 Å². The molecule has 5 aromatic carbocycles. The van der Waals surface area contributed by atoms with Crippen LogP contribution in [0, 0.1) is 12.7 Å². The van der Waals surface area contributed by atoms with Crippen molar-refractivity contribution >= 4 is 56.5 Å². The van der Waals surface area contributed by atoms with Crippen molar-refractivity contribution in [2.45, 2.75) is 29.7 Å². The van der Waals surface area contributed by atoms with Gasteiger partial charge in [-0.3, -0.25) is 14.5 Å². The van der Waals surface area contributed by atoms with Gasteiger partial charge in [0.25, 0.3) is 5.78 Å². The molecular formula is C38H28FN3O4S2. The Kier molecular flexibility index (Phi) is 8.75. The summed E-state index contributed by atoms with van der Waals surface area (Å²) in [6, 6.07) is 34.2. The fourth-order valence-corrected chi connectivity index (χ4v) is 7.52. The number of hydrogen-bond acceptors (Lipinski definition) is 8. The number of carbonyl (C=O) groups excluding carboxylic acids is 2. The lowest BCUT2D eigenvalue weighted by Gasteiger charge is -2.22. The van der Waals surface area contributed by atoms with E-state index in [1.54, 1.807) is 31.2 Å². The number of aliphatic hydroxyl groups excluding tert-OH is 1. The average molecular weight is 674 g/mol. The predicted molar refractivity (Wildman–Crippen MR) is 187 cm³/mol. The van der Waals surface area contributed by atoms with Crippen molar-refractivity contribution in [2.24, 2.45) is 0 Å². The fourth-order valence-electron chi connectivity index (χ4n) is 5.64. The first-order chi connectivity index (χ1) is 23.4. The van der Waals surface area contributed by atoms with Crippen molar-refractivity contribution in [3.63, 3.8) is 0 Å². The summed E-state index contributed by atoms with van der Waals surface area (Å²) in [5.41, 5.74) is 2.99. The molecule has 7 nitrogen and oxygen atoms in total. The Hall–Kier alpha value is -5.32. The maximum absolute atomic E-state index is 14.6. The zero-order valence-electron chi connectivity index (χ0n) is 25.7. The number of ether oxygens (including phenoxy) is 1. The van der Waals surface area contributed by atoms with Crippen molar-refractivity contribution in [1.82, 2.24) is 10.2 Å². The quantitative estimate of drug-likeness (QED) is 0.0540. The van der Waals surface area contributed by atoms with Crippen LogP contribution in [0.2, 0.25) is 0 Å². The maximum Gasteiger partial charge on any atom is 0.301 e. The van der Waals surface area contributed by atoms with Gasteiger partial charge in [-0.25, -0.2) is 4.39 Å². The topological polar surface area (TPSA) is 92.6 Å². The van der Waals surface area contributed by atoms with Crippen LogP contribution in [-0.4, -0.2) is 27.0 Å². The third-order valence-corrected chi connectivity index (χ3v) is 10.3. The summed E-state index contributed by atoms with van der Waals surface area (Å²) in [6.45, 7) is 1.96. The number of ketones is 1. The molecule has 0 aliphatic carbocycles. The second-order valence-electron chi connectivity index (χ2n) is 11.3. The zero-order chi connectivity index (χ0) is 33.2. The molecule has 0 saturated carbocycles. The van der Waals surface area contributed by atoms with Crippen LogP contribution >= 0.6 is 23.1 Å². The molecule has 7 rings (SSSR count). The predicted octanol–water partition coefficient (Wildman–Crippen LogP) is 8.64. The van der Waals surface area contributed by atoms with Crippen molar-refractivity contribution in [3.8, 4) is 5.75 Å². The van der Waals surface area contributed by atoms with E-state index in [4.69, 9.17) is 4.74 Å². The van der Waals surface area contributed by atoms with Gasteiger partial charge in [-0.15, -0.1) is 10.2 Å². The highest BCUT2D eigenvalue weighted by atomic mass is 32.2. The molecule has 1 saturated heterocycles. The second-order valence-corrected chi connectivity index (χ2v) is 13.4. The van der Waals surface area contributed by atoms with Gasteiger partial charge in [0.1, 0.15) is 23.9 Å². The number of rotatable bonds is 9. The summed E-state index contributed by atoms with van der Waals surface area (Å²) in [5.74, 6) is -1.56. The van der Waals surface area contributed by atoms with Crippen LogP contribution < -0.4 is 9.64 Å².